The van der Waals surface area contributed by atoms with Crippen LogP contribution in [-0.2, 0) is 20.1 Å². The molecule has 0 spiro atoms. The molecule has 4 aromatic rings. The molecule has 0 aliphatic carbocycles. The van der Waals surface area contributed by atoms with E-state index < -0.39 is 0 Å². The fourth-order valence-corrected chi connectivity index (χ4v) is 2.98. The first-order valence-corrected chi connectivity index (χ1v) is 8.29. The van der Waals surface area contributed by atoms with E-state index in [0.717, 1.165) is 34.1 Å². The number of aromatic nitrogens is 5. The first kappa shape index (κ1) is 15.4. The minimum absolute atomic E-state index is 0.637. The van der Waals surface area contributed by atoms with E-state index in [4.69, 9.17) is 4.98 Å². The molecule has 1 N–H and O–H groups in total. The molecule has 0 unspecified atom stereocenters. The van der Waals surface area contributed by atoms with Gasteiger partial charge in [0.05, 0.1) is 35.5 Å². The van der Waals surface area contributed by atoms with Crippen molar-refractivity contribution in [3.8, 4) is 0 Å². The number of hydrogen-bond acceptors (Lipinski definition) is 4. The number of hydrogen-bond donors (Lipinski definition) is 1. The maximum Gasteiger partial charge on any atom is 0.129 e. The summed E-state index contributed by atoms with van der Waals surface area (Å²) in [5.41, 5.74) is 4.11. The Morgan fingerprint density at radius 2 is 1.92 bits per heavy atom. The third-order valence-electron chi connectivity index (χ3n) is 4.25. The molecule has 0 saturated carbocycles. The van der Waals surface area contributed by atoms with Gasteiger partial charge in [0.25, 0.3) is 0 Å². The van der Waals surface area contributed by atoms with E-state index in [1.54, 1.807) is 6.20 Å². The van der Waals surface area contributed by atoms with E-state index in [9.17, 15) is 0 Å². The summed E-state index contributed by atoms with van der Waals surface area (Å²) in [6, 6.07) is 16.1. The Kier molecular flexibility index (Phi) is 3.93. The molecule has 6 heteroatoms. The number of para-hydroxylation sites is 2. The van der Waals surface area contributed by atoms with Gasteiger partial charge in [-0.05, 0) is 31.2 Å². The van der Waals surface area contributed by atoms with E-state index >= 15 is 0 Å². The van der Waals surface area contributed by atoms with Crippen LogP contribution in [0.25, 0.3) is 11.0 Å². The highest BCUT2D eigenvalue weighted by molar-refractivity contribution is 5.75. The largest absolute Gasteiger partial charge is 0.363 e. The molecule has 0 aliphatic heterocycles. The second kappa shape index (κ2) is 6.39. The molecule has 0 bridgehead atoms. The van der Waals surface area contributed by atoms with Crippen LogP contribution in [0.15, 0.2) is 54.7 Å². The van der Waals surface area contributed by atoms with Gasteiger partial charge in [-0.1, -0.05) is 18.2 Å². The van der Waals surface area contributed by atoms with Crippen LogP contribution in [0.4, 0.5) is 5.82 Å². The number of imidazole rings is 1. The van der Waals surface area contributed by atoms with Gasteiger partial charge in [-0.25, -0.2) is 9.67 Å². The van der Waals surface area contributed by atoms with Crippen molar-refractivity contribution in [3.63, 3.8) is 0 Å². The summed E-state index contributed by atoms with van der Waals surface area (Å²) in [6.45, 7) is 3.27. The number of fused-ring (bicyclic) bond motifs is 1. The Morgan fingerprint density at radius 1 is 1.08 bits per heavy atom. The first-order chi connectivity index (χ1) is 12.2. The normalized spacial score (nSPS) is 11.1. The maximum atomic E-state index is 4.71. The monoisotopic (exact) mass is 332 g/mol. The Labute approximate surface area is 146 Å². The lowest BCUT2D eigenvalue weighted by Gasteiger charge is -2.09. The summed E-state index contributed by atoms with van der Waals surface area (Å²) in [5.74, 6) is 1.96. The fourth-order valence-electron chi connectivity index (χ4n) is 2.98. The van der Waals surface area contributed by atoms with Crippen LogP contribution in [0.3, 0.4) is 0 Å². The molecule has 4 rings (SSSR count). The average Bonchev–Trinajstić information content (AvgIpc) is 3.14. The third-order valence-corrected chi connectivity index (χ3v) is 4.25. The van der Waals surface area contributed by atoms with E-state index in [2.05, 4.69) is 26.0 Å². The van der Waals surface area contributed by atoms with Gasteiger partial charge in [0.15, 0.2) is 0 Å². The highest BCUT2D eigenvalue weighted by Crippen LogP contribution is 2.17. The van der Waals surface area contributed by atoms with E-state index in [0.29, 0.717) is 13.1 Å². The zero-order chi connectivity index (χ0) is 17.2. The SMILES string of the molecule is Cc1cc(NCc2nc3ccccc3n2C)n(Cc2ccccn2)n1. The van der Waals surface area contributed by atoms with Crippen molar-refractivity contribution in [2.24, 2.45) is 7.05 Å². The molecule has 0 radical (unpaired) electrons. The van der Waals surface area contributed by atoms with Crippen LogP contribution < -0.4 is 5.32 Å². The second-order valence-electron chi connectivity index (χ2n) is 6.08. The van der Waals surface area contributed by atoms with Gasteiger partial charge in [-0.15, -0.1) is 0 Å². The fraction of sp³-hybridized carbons (Fsp3) is 0.211. The van der Waals surface area contributed by atoms with Crippen molar-refractivity contribution in [1.29, 1.82) is 0 Å². The molecule has 0 saturated heterocycles. The lowest BCUT2D eigenvalue weighted by Crippen LogP contribution is -2.12. The van der Waals surface area contributed by atoms with Crippen molar-refractivity contribution in [2.75, 3.05) is 5.32 Å². The molecule has 0 amide bonds. The van der Waals surface area contributed by atoms with Gasteiger partial charge in [0.1, 0.15) is 11.6 Å². The van der Waals surface area contributed by atoms with Gasteiger partial charge in [-0.3, -0.25) is 4.98 Å². The topological polar surface area (TPSA) is 60.6 Å². The molecule has 3 aromatic heterocycles. The Hall–Kier alpha value is -3.15. The molecule has 3 heterocycles. The van der Waals surface area contributed by atoms with Crippen molar-refractivity contribution in [1.82, 2.24) is 24.3 Å². The van der Waals surface area contributed by atoms with Crippen molar-refractivity contribution in [3.05, 3.63) is 71.9 Å². The molecular formula is C19H20N6. The average molecular weight is 332 g/mol. The maximum absolute atomic E-state index is 4.71. The van der Waals surface area contributed by atoms with Gasteiger partial charge in [0.2, 0.25) is 0 Å². The predicted octanol–water partition coefficient (Wildman–Crippen LogP) is 3.13. The van der Waals surface area contributed by atoms with Crippen LogP contribution >= 0.6 is 0 Å². The molecule has 6 nitrogen and oxygen atoms in total. The summed E-state index contributed by atoms with van der Waals surface area (Å²) in [7, 11) is 2.04. The van der Waals surface area contributed by atoms with E-state index in [-0.39, 0.29) is 0 Å². The zero-order valence-electron chi connectivity index (χ0n) is 14.3. The number of nitrogens with one attached hydrogen (secondary N) is 1. The van der Waals surface area contributed by atoms with Gasteiger partial charge in [0, 0.05) is 19.3 Å². The number of pyridine rings is 1. The van der Waals surface area contributed by atoms with Crippen LogP contribution in [0.5, 0.6) is 0 Å². The third kappa shape index (κ3) is 3.10. The van der Waals surface area contributed by atoms with Crippen molar-refractivity contribution >= 4 is 16.9 Å². The highest BCUT2D eigenvalue weighted by atomic mass is 15.3. The molecule has 126 valence electrons. The molecule has 0 atom stereocenters. The summed E-state index contributed by atoms with van der Waals surface area (Å²) in [5, 5.41) is 8.03. The van der Waals surface area contributed by atoms with Gasteiger partial charge < -0.3 is 9.88 Å². The van der Waals surface area contributed by atoms with Crippen LogP contribution in [0, 0.1) is 6.92 Å². The van der Waals surface area contributed by atoms with E-state index in [1.165, 1.54) is 0 Å². The lowest BCUT2D eigenvalue weighted by molar-refractivity contribution is 0.668. The smallest absolute Gasteiger partial charge is 0.129 e. The summed E-state index contributed by atoms with van der Waals surface area (Å²) in [4.78, 5) is 9.09. The Balaban J connectivity index is 1.55. The van der Waals surface area contributed by atoms with Crippen LogP contribution in [0.1, 0.15) is 17.2 Å². The molecule has 0 aliphatic rings. The predicted molar refractivity (Wildman–Crippen MR) is 98.3 cm³/mol. The minimum atomic E-state index is 0.637. The molecular weight excluding hydrogens is 312 g/mol. The van der Waals surface area contributed by atoms with Crippen LogP contribution in [0.2, 0.25) is 0 Å². The standard InChI is InChI=1S/C19H20N6/c1-14-11-18(25(23-14)13-15-7-5-6-10-20-15)21-12-19-22-16-8-3-4-9-17(16)24(19)2/h3-11,21H,12-13H2,1-2H3. The second-order valence-corrected chi connectivity index (χ2v) is 6.08. The molecule has 0 fully saturated rings. The summed E-state index contributed by atoms with van der Waals surface area (Å²) < 4.78 is 4.06. The quantitative estimate of drug-likeness (QED) is 0.610. The summed E-state index contributed by atoms with van der Waals surface area (Å²) >= 11 is 0. The minimum Gasteiger partial charge on any atom is -0.363 e. The van der Waals surface area contributed by atoms with Gasteiger partial charge >= 0.3 is 0 Å². The first-order valence-electron chi connectivity index (χ1n) is 8.29. The summed E-state index contributed by atoms with van der Waals surface area (Å²) in [6.07, 6.45) is 1.80. The molecule has 1 aromatic carbocycles. The molecule has 25 heavy (non-hydrogen) atoms. The van der Waals surface area contributed by atoms with Crippen molar-refractivity contribution < 1.29 is 0 Å². The lowest BCUT2D eigenvalue weighted by atomic mass is 10.3. The number of benzene rings is 1. The number of nitrogens with zero attached hydrogens (tertiary/aromatic N) is 5. The number of anilines is 1. The number of aryl methyl sites for hydroxylation is 2. The Bertz CT molecular complexity index is 999. The van der Waals surface area contributed by atoms with Crippen molar-refractivity contribution in [2.45, 2.75) is 20.0 Å². The number of rotatable bonds is 5. The van der Waals surface area contributed by atoms with E-state index in [1.807, 2.05) is 61.1 Å². The van der Waals surface area contributed by atoms with Crippen LogP contribution in [-0.4, -0.2) is 24.3 Å². The van der Waals surface area contributed by atoms with Gasteiger partial charge in [-0.2, -0.15) is 5.10 Å². The zero-order valence-corrected chi connectivity index (χ0v) is 14.3. The Morgan fingerprint density at radius 3 is 2.72 bits per heavy atom. The highest BCUT2D eigenvalue weighted by Gasteiger charge is 2.10.